The van der Waals surface area contributed by atoms with E-state index in [1.807, 2.05) is 29.2 Å². The second-order valence-electron chi connectivity index (χ2n) is 6.60. The zero-order valence-corrected chi connectivity index (χ0v) is 14.9. The van der Waals surface area contributed by atoms with Crippen LogP contribution in [0.1, 0.15) is 36.1 Å². The van der Waals surface area contributed by atoms with Crippen molar-refractivity contribution in [1.82, 2.24) is 10.2 Å². The number of aryl methyl sites for hydroxylation is 2. The summed E-state index contributed by atoms with van der Waals surface area (Å²) in [7, 11) is 0. The number of nitrogens with one attached hydrogen (secondary N) is 1. The van der Waals surface area contributed by atoms with Crippen LogP contribution < -0.4 is 11.1 Å². The Bertz CT molecular complexity index is 711. The van der Waals surface area contributed by atoms with Gasteiger partial charge in [-0.2, -0.15) is 0 Å². The van der Waals surface area contributed by atoms with Crippen LogP contribution >= 0.6 is 0 Å². The molecule has 0 spiro atoms. The highest BCUT2D eigenvalue weighted by Crippen LogP contribution is 2.24. The molecule has 4 nitrogen and oxygen atoms in total. The van der Waals surface area contributed by atoms with Crippen LogP contribution in [0.3, 0.4) is 0 Å². The molecule has 1 fully saturated rings. The number of carbonyl (C=O) groups excluding carboxylic acids is 1. The van der Waals surface area contributed by atoms with Crippen LogP contribution in [0.15, 0.2) is 48.5 Å². The summed E-state index contributed by atoms with van der Waals surface area (Å²) in [6, 6.07) is 16.5. The fourth-order valence-electron chi connectivity index (χ4n) is 3.42. The highest BCUT2D eigenvalue weighted by atomic mass is 16.2. The second kappa shape index (κ2) is 8.17. The van der Waals surface area contributed by atoms with Crippen LogP contribution in [0.2, 0.25) is 0 Å². The molecule has 0 aliphatic carbocycles. The molecule has 0 bridgehead atoms. The molecule has 25 heavy (non-hydrogen) atoms. The van der Waals surface area contributed by atoms with Crippen LogP contribution in [0, 0.1) is 0 Å². The summed E-state index contributed by atoms with van der Waals surface area (Å²) in [6.07, 6.45) is 2.22. The quantitative estimate of drug-likeness (QED) is 0.825. The topological polar surface area (TPSA) is 58.4 Å². The van der Waals surface area contributed by atoms with Crippen LogP contribution in [0.5, 0.6) is 0 Å². The number of hydrogen-bond acceptors (Lipinski definition) is 3. The number of piperazine rings is 1. The third-order valence-electron chi connectivity index (χ3n) is 5.00. The van der Waals surface area contributed by atoms with Crippen molar-refractivity contribution < 1.29 is 4.79 Å². The first-order valence-corrected chi connectivity index (χ1v) is 9.11. The molecule has 2 aromatic carbocycles. The largest absolute Gasteiger partial charge is 0.399 e. The normalized spacial score (nSPS) is 17.5. The number of nitrogen functional groups attached to an aromatic ring is 1. The first-order valence-electron chi connectivity index (χ1n) is 9.11. The lowest BCUT2D eigenvalue weighted by Gasteiger charge is -2.37. The first-order chi connectivity index (χ1) is 12.2. The Morgan fingerprint density at radius 3 is 2.68 bits per heavy atom. The van der Waals surface area contributed by atoms with E-state index in [-0.39, 0.29) is 11.9 Å². The maximum atomic E-state index is 12.8. The third kappa shape index (κ3) is 4.20. The highest BCUT2D eigenvalue weighted by Gasteiger charge is 2.27. The van der Waals surface area contributed by atoms with Gasteiger partial charge >= 0.3 is 0 Å². The first kappa shape index (κ1) is 17.5. The van der Waals surface area contributed by atoms with E-state index in [0.29, 0.717) is 12.8 Å². The van der Waals surface area contributed by atoms with Gasteiger partial charge in [0, 0.05) is 31.7 Å². The molecule has 1 atom stereocenters. The standard InChI is InChI=1S/C21H27N3O/c1-2-16-7-9-18(10-8-16)20-15-23-13-14-24(20)21(25)12-11-17-5-3-4-6-19(17)22/h3-10,20,23H,2,11-15,22H2,1H3. The minimum atomic E-state index is 0.111. The van der Waals surface area contributed by atoms with Crippen molar-refractivity contribution in [3.05, 3.63) is 65.2 Å². The molecule has 132 valence electrons. The van der Waals surface area contributed by atoms with Crippen molar-refractivity contribution in [1.29, 1.82) is 0 Å². The zero-order chi connectivity index (χ0) is 17.6. The van der Waals surface area contributed by atoms with Gasteiger partial charge in [0.1, 0.15) is 0 Å². The van der Waals surface area contributed by atoms with Crippen molar-refractivity contribution in [3.8, 4) is 0 Å². The number of rotatable bonds is 5. The SMILES string of the molecule is CCc1ccc(C2CNCCN2C(=O)CCc2ccccc2N)cc1. The minimum absolute atomic E-state index is 0.111. The number of hydrogen-bond donors (Lipinski definition) is 2. The number of carbonyl (C=O) groups is 1. The Morgan fingerprint density at radius 1 is 1.20 bits per heavy atom. The van der Waals surface area contributed by atoms with Gasteiger partial charge in [0.2, 0.25) is 5.91 Å². The van der Waals surface area contributed by atoms with Gasteiger partial charge in [0.15, 0.2) is 0 Å². The van der Waals surface area contributed by atoms with E-state index in [1.165, 1.54) is 11.1 Å². The molecule has 0 aromatic heterocycles. The molecule has 0 saturated carbocycles. The summed E-state index contributed by atoms with van der Waals surface area (Å²) < 4.78 is 0. The molecule has 3 N–H and O–H groups in total. The highest BCUT2D eigenvalue weighted by molar-refractivity contribution is 5.77. The summed E-state index contributed by atoms with van der Waals surface area (Å²) in [4.78, 5) is 14.9. The van der Waals surface area contributed by atoms with Gasteiger partial charge in [0.05, 0.1) is 6.04 Å². The maximum absolute atomic E-state index is 12.8. The van der Waals surface area contributed by atoms with Crippen LogP contribution in [0.25, 0.3) is 0 Å². The second-order valence-corrected chi connectivity index (χ2v) is 6.60. The molecular weight excluding hydrogens is 310 g/mol. The third-order valence-corrected chi connectivity index (χ3v) is 5.00. The van der Waals surface area contributed by atoms with Crippen molar-refractivity contribution in [2.75, 3.05) is 25.4 Å². The molecule has 1 heterocycles. The van der Waals surface area contributed by atoms with Gasteiger partial charge in [-0.3, -0.25) is 4.79 Å². The van der Waals surface area contributed by atoms with E-state index in [4.69, 9.17) is 5.73 Å². The smallest absolute Gasteiger partial charge is 0.223 e. The molecule has 1 unspecified atom stereocenters. The number of amides is 1. The maximum Gasteiger partial charge on any atom is 0.223 e. The van der Waals surface area contributed by atoms with E-state index in [0.717, 1.165) is 37.3 Å². The molecular formula is C21H27N3O. The molecule has 2 aromatic rings. The Kier molecular flexibility index (Phi) is 5.71. The van der Waals surface area contributed by atoms with Crippen LogP contribution in [-0.2, 0) is 17.6 Å². The Balaban J connectivity index is 1.69. The number of anilines is 1. The molecule has 1 amide bonds. The predicted molar refractivity (Wildman–Crippen MR) is 102 cm³/mol. The molecule has 4 heteroatoms. The van der Waals surface area contributed by atoms with Gasteiger partial charge in [-0.15, -0.1) is 0 Å². The monoisotopic (exact) mass is 337 g/mol. The Labute approximate surface area is 150 Å². The molecule has 0 radical (unpaired) electrons. The molecule has 3 rings (SSSR count). The molecule has 1 aliphatic rings. The van der Waals surface area contributed by atoms with Crippen molar-refractivity contribution in [3.63, 3.8) is 0 Å². The molecule has 1 aliphatic heterocycles. The lowest BCUT2D eigenvalue weighted by atomic mass is 10.00. The van der Waals surface area contributed by atoms with Crippen molar-refractivity contribution in [2.24, 2.45) is 0 Å². The van der Waals surface area contributed by atoms with E-state index in [9.17, 15) is 4.79 Å². The fraction of sp³-hybridized carbons (Fsp3) is 0.381. The number of nitrogens with zero attached hydrogens (tertiary/aromatic N) is 1. The fourth-order valence-corrected chi connectivity index (χ4v) is 3.42. The lowest BCUT2D eigenvalue weighted by molar-refractivity contribution is -0.134. The van der Waals surface area contributed by atoms with Crippen LogP contribution in [0.4, 0.5) is 5.69 Å². The number of para-hydroxylation sites is 1. The van der Waals surface area contributed by atoms with E-state index in [2.05, 4.69) is 36.5 Å². The summed E-state index contributed by atoms with van der Waals surface area (Å²) in [5.41, 5.74) is 10.3. The Morgan fingerprint density at radius 2 is 1.96 bits per heavy atom. The van der Waals surface area contributed by atoms with Gasteiger partial charge in [-0.05, 0) is 35.6 Å². The summed E-state index contributed by atoms with van der Waals surface area (Å²) in [5, 5.41) is 3.42. The summed E-state index contributed by atoms with van der Waals surface area (Å²) in [5.74, 6) is 0.203. The molecule has 1 saturated heterocycles. The number of benzene rings is 2. The zero-order valence-electron chi connectivity index (χ0n) is 14.9. The predicted octanol–water partition coefficient (Wildman–Crippen LogP) is 2.94. The lowest BCUT2D eigenvalue weighted by Crippen LogP contribution is -2.48. The summed E-state index contributed by atoms with van der Waals surface area (Å²) >= 11 is 0. The average molecular weight is 337 g/mol. The summed E-state index contributed by atoms with van der Waals surface area (Å²) in [6.45, 7) is 4.57. The van der Waals surface area contributed by atoms with Crippen LogP contribution in [-0.4, -0.2) is 30.4 Å². The number of nitrogens with two attached hydrogens (primary N) is 1. The van der Waals surface area contributed by atoms with Crippen molar-refractivity contribution >= 4 is 11.6 Å². The van der Waals surface area contributed by atoms with E-state index < -0.39 is 0 Å². The van der Waals surface area contributed by atoms with Gasteiger partial charge in [0.25, 0.3) is 0 Å². The van der Waals surface area contributed by atoms with E-state index in [1.54, 1.807) is 0 Å². The van der Waals surface area contributed by atoms with Crippen molar-refractivity contribution in [2.45, 2.75) is 32.2 Å². The average Bonchev–Trinajstić information content (AvgIpc) is 2.67. The van der Waals surface area contributed by atoms with Gasteiger partial charge in [-0.25, -0.2) is 0 Å². The Hall–Kier alpha value is -2.33. The van der Waals surface area contributed by atoms with Gasteiger partial charge in [-0.1, -0.05) is 49.4 Å². The minimum Gasteiger partial charge on any atom is -0.399 e. The van der Waals surface area contributed by atoms with E-state index >= 15 is 0 Å². The van der Waals surface area contributed by atoms with Gasteiger partial charge < -0.3 is 16.0 Å².